The first-order valence-electron chi connectivity index (χ1n) is 5.96. The molecule has 17 heavy (non-hydrogen) atoms. The highest BCUT2D eigenvalue weighted by Crippen LogP contribution is 2.29. The molecule has 0 aromatic heterocycles. The molecule has 0 bridgehead atoms. The zero-order valence-electron chi connectivity index (χ0n) is 9.63. The molecule has 0 amide bonds. The van der Waals surface area contributed by atoms with Crippen LogP contribution in [0.2, 0.25) is 5.02 Å². The van der Waals surface area contributed by atoms with Gasteiger partial charge in [-0.05, 0) is 47.0 Å². The Balaban J connectivity index is 2.13. The van der Waals surface area contributed by atoms with E-state index in [9.17, 15) is 0 Å². The summed E-state index contributed by atoms with van der Waals surface area (Å²) in [6.45, 7) is 0. The van der Waals surface area contributed by atoms with Gasteiger partial charge in [0.25, 0.3) is 0 Å². The molecule has 1 aromatic rings. The summed E-state index contributed by atoms with van der Waals surface area (Å²) in [5.41, 5.74) is 6.90. The van der Waals surface area contributed by atoms with Crippen LogP contribution in [0.3, 0.4) is 0 Å². The second kappa shape index (κ2) is 5.87. The van der Waals surface area contributed by atoms with Crippen molar-refractivity contribution >= 4 is 39.1 Å². The third kappa shape index (κ3) is 3.46. The predicted octanol–water partition coefficient (Wildman–Crippen LogP) is 4.67. The van der Waals surface area contributed by atoms with E-state index in [4.69, 9.17) is 17.3 Å². The summed E-state index contributed by atoms with van der Waals surface area (Å²) in [6.07, 6.45) is 6.19. The number of nitrogens with zero attached hydrogens (tertiary/aromatic N) is 1. The van der Waals surface area contributed by atoms with Crippen molar-refractivity contribution in [3.63, 3.8) is 0 Å². The molecular formula is C13H16BrClN2. The molecule has 0 radical (unpaired) electrons. The molecule has 0 heterocycles. The largest absolute Gasteiger partial charge is 0.387 e. The fraction of sp³-hybridized carbons (Fsp3) is 0.462. The van der Waals surface area contributed by atoms with Gasteiger partial charge in [0.1, 0.15) is 5.84 Å². The Morgan fingerprint density at radius 3 is 2.65 bits per heavy atom. The Bertz CT molecular complexity index is 425. The SMILES string of the molecule is NC(=Nc1ccc(Br)c(Cl)c1)C1CCCCC1. The lowest BCUT2D eigenvalue weighted by Gasteiger charge is -2.20. The molecule has 0 spiro atoms. The third-order valence-corrected chi connectivity index (χ3v) is 4.42. The highest BCUT2D eigenvalue weighted by atomic mass is 79.9. The lowest BCUT2D eigenvalue weighted by molar-refractivity contribution is 0.437. The highest BCUT2D eigenvalue weighted by molar-refractivity contribution is 9.10. The Morgan fingerprint density at radius 2 is 2.00 bits per heavy atom. The fourth-order valence-corrected chi connectivity index (χ4v) is 2.61. The quantitative estimate of drug-likeness (QED) is 0.625. The molecule has 4 heteroatoms. The Kier molecular flexibility index (Phi) is 4.46. The van der Waals surface area contributed by atoms with Crippen molar-refractivity contribution in [2.45, 2.75) is 32.1 Å². The van der Waals surface area contributed by atoms with Crippen molar-refractivity contribution in [3.8, 4) is 0 Å². The monoisotopic (exact) mass is 314 g/mol. The first-order valence-corrected chi connectivity index (χ1v) is 7.13. The summed E-state index contributed by atoms with van der Waals surface area (Å²) in [4.78, 5) is 4.47. The molecular weight excluding hydrogens is 300 g/mol. The van der Waals surface area contributed by atoms with Gasteiger partial charge < -0.3 is 5.73 Å². The number of hydrogen-bond donors (Lipinski definition) is 1. The Morgan fingerprint density at radius 1 is 1.29 bits per heavy atom. The normalized spacial score (nSPS) is 18.4. The standard InChI is InChI=1S/C13H16BrClN2/c14-11-7-6-10(8-12(11)15)17-13(16)9-4-2-1-3-5-9/h6-9H,1-5H2,(H2,16,17). The van der Waals surface area contributed by atoms with Crippen molar-refractivity contribution in [1.82, 2.24) is 0 Å². The van der Waals surface area contributed by atoms with Gasteiger partial charge in [0.15, 0.2) is 0 Å². The van der Waals surface area contributed by atoms with Crippen LogP contribution in [0.5, 0.6) is 0 Å². The zero-order valence-corrected chi connectivity index (χ0v) is 12.0. The van der Waals surface area contributed by atoms with Crippen LogP contribution in [0.1, 0.15) is 32.1 Å². The van der Waals surface area contributed by atoms with Gasteiger partial charge in [-0.3, -0.25) is 0 Å². The van der Waals surface area contributed by atoms with E-state index in [0.717, 1.165) is 16.0 Å². The molecule has 2 nitrogen and oxygen atoms in total. The third-order valence-electron chi connectivity index (χ3n) is 3.18. The molecule has 0 saturated heterocycles. The summed E-state index contributed by atoms with van der Waals surface area (Å²) in [7, 11) is 0. The first-order chi connectivity index (χ1) is 8.16. The van der Waals surface area contributed by atoms with E-state index in [1.807, 2.05) is 18.2 Å². The molecule has 0 unspecified atom stereocenters. The minimum atomic E-state index is 0.450. The highest BCUT2D eigenvalue weighted by Gasteiger charge is 2.16. The molecule has 0 atom stereocenters. The van der Waals surface area contributed by atoms with Gasteiger partial charge in [-0.15, -0.1) is 0 Å². The molecule has 2 rings (SSSR count). The summed E-state index contributed by atoms with van der Waals surface area (Å²) < 4.78 is 0.884. The van der Waals surface area contributed by atoms with Crippen molar-refractivity contribution < 1.29 is 0 Å². The van der Waals surface area contributed by atoms with E-state index in [-0.39, 0.29) is 0 Å². The maximum atomic E-state index is 6.06. The van der Waals surface area contributed by atoms with Gasteiger partial charge in [0, 0.05) is 10.4 Å². The van der Waals surface area contributed by atoms with Gasteiger partial charge in [-0.25, -0.2) is 4.99 Å². The minimum absolute atomic E-state index is 0.450. The second-order valence-corrected chi connectivity index (χ2v) is 5.73. The van der Waals surface area contributed by atoms with Crippen LogP contribution in [0, 0.1) is 5.92 Å². The Hall–Kier alpha value is -0.540. The van der Waals surface area contributed by atoms with Crippen LogP contribution >= 0.6 is 27.5 Å². The lowest BCUT2D eigenvalue weighted by atomic mass is 9.88. The topological polar surface area (TPSA) is 38.4 Å². The second-order valence-electron chi connectivity index (χ2n) is 4.47. The fourth-order valence-electron chi connectivity index (χ4n) is 2.19. The zero-order chi connectivity index (χ0) is 12.3. The number of hydrogen-bond acceptors (Lipinski definition) is 1. The summed E-state index contributed by atoms with van der Waals surface area (Å²) >= 11 is 9.39. The van der Waals surface area contributed by atoms with Crippen LogP contribution in [-0.2, 0) is 0 Å². The van der Waals surface area contributed by atoms with E-state index in [1.54, 1.807) is 0 Å². The molecule has 1 saturated carbocycles. The molecule has 2 N–H and O–H groups in total. The van der Waals surface area contributed by atoms with Gasteiger partial charge >= 0.3 is 0 Å². The number of aliphatic imine (C=N–C) groups is 1. The van der Waals surface area contributed by atoms with Crippen LogP contribution < -0.4 is 5.73 Å². The van der Waals surface area contributed by atoms with E-state index in [0.29, 0.717) is 10.9 Å². The number of benzene rings is 1. The van der Waals surface area contributed by atoms with Gasteiger partial charge in [0.05, 0.1) is 10.7 Å². The van der Waals surface area contributed by atoms with E-state index in [2.05, 4.69) is 20.9 Å². The maximum absolute atomic E-state index is 6.06. The average Bonchev–Trinajstić information content (AvgIpc) is 2.35. The number of nitrogens with two attached hydrogens (primary N) is 1. The number of rotatable bonds is 2. The molecule has 1 aliphatic rings. The van der Waals surface area contributed by atoms with Crippen molar-refractivity contribution in [2.75, 3.05) is 0 Å². The van der Waals surface area contributed by atoms with E-state index in [1.165, 1.54) is 32.1 Å². The van der Waals surface area contributed by atoms with Gasteiger partial charge in [-0.2, -0.15) is 0 Å². The molecule has 1 fully saturated rings. The predicted molar refractivity (Wildman–Crippen MR) is 77.0 cm³/mol. The van der Waals surface area contributed by atoms with Crippen molar-refractivity contribution in [2.24, 2.45) is 16.6 Å². The number of halogens is 2. The van der Waals surface area contributed by atoms with Crippen molar-refractivity contribution in [1.29, 1.82) is 0 Å². The lowest BCUT2D eigenvalue weighted by Crippen LogP contribution is -2.25. The van der Waals surface area contributed by atoms with Crippen LogP contribution in [-0.4, -0.2) is 5.84 Å². The molecule has 92 valence electrons. The van der Waals surface area contributed by atoms with Crippen LogP contribution in [0.4, 0.5) is 5.69 Å². The van der Waals surface area contributed by atoms with E-state index < -0.39 is 0 Å². The number of amidine groups is 1. The van der Waals surface area contributed by atoms with Crippen LogP contribution in [0.15, 0.2) is 27.7 Å². The average molecular weight is 316 g/mol. The summed E-state index contributed by atoms with van der Waals surface area (Å²) in [5, 5.41) is 0.669. The van der Waals surface area contributed by atoms with Crippen molar-refractivity contribution in [3.05, 3.63) is 27.7 Å². The Labute approximate surface area is 115 Å². The van der Waals surface area contributed by atoms with Gasteiger partial charge in [0.2, 0.25) is 0 Å². The minimum Gasteiger partial charge on any atom is -0.387 e. The van der Waals surface area contributed by atoms with Crippen LogP contribution in [0.25, 0.3) is 0 Å². The molecule has 0 aliphatic heterocycles. The van der Waals surface area contributed by atoms with E-state index >= 15 is 0 Å². The summed E-state index contributed by atoms with van der Waals surface area (Å²) in [6, 6.07) is 5.66. The first kappa shape index (κ1) is 12.9. The molecule has 1 aliphatic carbocycles. The maximum Gasteiger partial charge on any atom is 0.103 e. The van der Waals surface area contributed by atoms with Gasteiger partial charge in [-0.1, -0.05) is 30.9 Å². The summed E-state index contributed by atoms with van der Waals surface area (Å²) in [5.74, 6) is 1.20. The molecule has 1 aromatic carbocycles. The smallest absolute Gasteiger partial charge is 0.103 e.